The van der Waals surface area contributed by atoms with Crippen molar-refractivity contribution in [1.29, 1.82) is 0 Å². The molecule has 4 saturated carbocycles. The summed E-state index contributed by atoms with van der Waals surface area (Å²) in [4.78, 5) is 12.7. The van der Waals surface area contributed by atoms with Gasteiger partial charge in [0.2, 0.25) is 0 Å². The smallest absolute Gasteiger partial charge is 0.112 e. The van der Waals surface area contributed by atoms with Gasteiger partial charge in [-0.25, -0.2) is 0 Å². The quantitative estimate of drug-likeness (QED) is 0.481. The van der Waals surface area contributed by atoms with Crippen molar-refractivity contribution in [3.63, 3.8) is 0 Å². The fourth-order valence-corrected chi connectivity index (χ4v) is 8.98. The van der Waals surface area contributed by atoms with Crippen molar-refractivity contribution in [3.8, 4) is 0 Å². The number of fused-ring (bicyclic) bond motifs is 5. The molecule has 4 fully saturated rings. The SMILES string of the molecule is C/C=C(\CO)C1CCC2(N=O)C3CCC4CC(OC)CCC4(C)C3CC(C)C12C. The predicted octanol–water partition coefficient (Wildman–Crippen LogP) is 5.73. The van der Waals surface area contributed by atoms with E-state index in [0.717, 1.165) is 31.3 Å². The van der Waals surface area contributed by atoms with E-state index in [1.54, 1.807) is 0 Å². The molecule has 9 atom stereocenters. The van der Waals surface area contributed by atoms with Crippen molar-refractivity contribution < 1.29 is 9.84 Å². The van der Waals surface area contributed by atoms with Crippen LogP contribution in [0, 0.1) is 45.3 Å². The summed E-state index contributed by atoms with van der Waals surface area (Å²) in [6.07, 6.45) is 11.5. The Morgan fingerprint density at radius 1 is 1.14 bits per heavy atom. The number of rotatable bonds is 4. The Hall–Kier alpha value is -0.740. The highest BCUT2D eigenvalue weighted by Crippen LogP contribution is 2.72. The molecule has 0 radical (unpaired) electrons. The first kappa shape index (κ1) is 21.5. The average Bonchev–Trinajstić information content (AvgIpc) is 3.04. The van der Waals surface area contributed by atoms with E-state index < -0.39 is 5.54 Å². The summed E-state index contributed by atoms with van der Waals surface area (Å²) in [5.74, 6) is 2.40. The first-order valence-corrected chi connectivity index (χ1v) is 12.0. The van der Waals surface area contributed by atoms with Gasteiger partial charge in [-0.05, 0) is 98.9 Å². The third-order valence-electron chi connectivity index (χ3n) is 10.9. The van der Waals surface area contributed by atoms with Gasteiger partial charge in [0.05, 0.1) is 12.7 Å². The fraction of sp³-hybridized carbons (Fsp3) is 0.920. The van der Waals surface area contributed by atoms with Crippen LogP contribution in [0.1, 0.15) is 79.1 Å². The molecule has 0 aromatic heterocycles. The van der Waals surface area contributed by atoms with Gasteiger partial charge in [-0.2, -0.15) is 4.91 Å². The molecule has 0 amide bonds. The summed E-state index contributed by atoms with van der Waals surface area (Å²) < 4.78 is 5.74. The maximum atomic E-state index is 12.7. The molecule has 4 aliphatic rings. The Balaban J connectivity index is 1.73. The fourth-order valence-electron chi connectivity index (χ4n) is 8.98. The standard InChI is InChI=1S/C25H41NO3/c1-6-17(15-27)20-10-12-25(26-28)21-8-7-18-14-19(29-5)9-11-23(18,3)22(21)13-16(2)24(20,25)4/h6,16,18-22,27H,7-15H2,1-5H3/b17-6+. The highest BCUT2D eigenvalue weighted by molar-refractivity contribution is 5.27. The highest BCUT2D eigenvalue weighted by Gasteiger charge is 2.71. The number of ether oxygens (including phenoxy) is 1. The van der Waals surface area contributed by atoms with Crippen molar-refractivity contribution in [1.82, 2.24) is 0 Å². The van der Waals surface area contributed by atoms with Crippen molar-refractivity contribution >= 4 is 0 Å². The van der Waals surface area contributed by atoms with Crippen LogP contribution in [-0.2, 0) is 4.74 Å². The molecule has 0 aliphatic heterocycles. The van der Waals surface area contributed by atoms with Crippen LogP contribution in [0.25, 0.3) is 0 Å². The summed E-state index contributed by atoms with van der Waals surface area (Å²) in [6.45, 7) is 9.35. The van der Waals surface area contributed by atoms with Gasteiger partial charge in [-0.1, -0.05) is 32.0 Å². The molecule has 4 heteroatoms. The maximum absolute atomic E-state index is 12.7. The highest BCUT2D eigenvalue weighted by atomic mass is 16.5. The number of aliphatic hydroxyl groups is 1. The molecule has 0 aromatic carbocycles. The van der Waals surface area contributed by atoms with Crippen LogP contribution in [0.15, 0.2) is 16.8 Å². The summed E-state index contributed by atoms with van der Waals surface area (Å²) in [6, 6.07) is 0. The van der Waals surface area contributed by atoms with E-state index >= 15 is 0 Å². The van der Waals surface area contributed by atoms with Gasteiger partial charge in [0, 0.05) is 12.5 Å². The lowest BCUT2D eigenvalue weighted by Gasteiger charge is -2.65. The largest absolute Gasteiger partial charge is 0.392 e. The molecule has 164 valence electrons. The van der Waals surface area contributed by atoms with Gasteiger partial charge in [0.15, 0.2) is 0 Å². The zero-order valence-electron chi connectivity index (χ0n) is 19.1. The summed E-state index contributed by atoms with van der Waals surface area (Å²) in [5, 5.41) is 14.1. The van der Waals surface area contributed by atoms with Crippen LogP contribution >= 0.6 is 0 Å². The first-order chi connectivity index (χ1) is 13.8. The molecule has 0 heterocycles. The van der Waals surface area contributed by atoms with Crippen LogP contribution < -0.4 is 0 Å². The molecular weight excluding hydrogens is 362 g/mol. The van der Waals surface area contributed by atoms with Crippen LogP contribution in [0.4, 0.5) is 0 Å². The molecule has 4 nitrogen and oxygen atoms in total. The Morgan fingerprint density at radius 3 is 2.52 bits per heavy atom. The van der Waals surface area contributed by atoms with E-state index in [1.165, 1.54) is 25.7 Å². The van der Waals surface area contributed by atoms with Gasteiger partial charge >= 0.3 is 0 Å². The molecule has 1 N–H and O–H groups in total. The summed E-state index contributed by atoms with van der Waals surface area (Å²) in [7, 11) is 1.86. The number of hydrogen-bond acceptors (Lipinski definition) is 4. The van der Waals surface area contributed by atoms with E-state index in [2.05, 4.69) is 32.0 Å². The molecule has 9 unspecified atom stereocenters. The van der Waals surface area contributed by atoms with E-state index in [1.807, 2.05) is 14.0 Å². The first-order valence-electron chi connectivity index (χ1n) is 12.0. The van der Waals surface area contributed by atoms with Crippen molar-refractivity contribution in [2.24, 2.45) is 45.6 Å². The van der Waals surface area contributed by atoms with Crippen LogP contribution in [0.2, 0.25) is 0 Å². The minimum Gasteiger partial charge on any atom is -0.392 e. The normalized spacial score (nSPS) is 52.4. The molecule has 29 heavy (non-hydrogen) atoms. The molecular formula is C25H41NO3. The minimum absolute atomic E-state index is 0.102. The van der Waals surface area contributed by atoms with E-state index in [4.69, 9.17) is 4.74 Å². The van der Waals surface area contributed by atoms with Gasteiger partial charge in [0.25, 0.3) is 0 Å². The second kappa shape index (κ2) is 7.44. The zero-order valence-corrected chi connectivity index (χ0v) is 19.1. The Labute approximate surface area is 176 Å². The molecule has 4 aliphatic carbocycles. The summed E-state index contributed by atoms with van der Waals surface area (Å²) >= 11 is 0. The number of aliphatic hydroxyl groups excluding tert-OH is 1. The van der Waals surface area contributed by atoms with Crippen LogP contribution in [-0.4, -0.2) is 30.5 Å². The topological polar surface area (TPSA) is 58.9 Å². The van der Waals surface area contributed by atoms with Crippen molar-refractivity contribution in [2.75, 3.05) is 13.7 Å². The monoisotopic (exact) mass is 403 g/mol. The zero-order chi connectivity index (χ0) is 21.0. The van der Waals surface area contributed by atoms with Crippen LogP contribution in [0.5, 0.6) is 0 Å². The lowest BCUT2D eigenvalue weighted by Crippen LogP contribution is -2.64. The Kier molecular flexibility index (Phi) is 5.51. The minimum atomic E-state index is -0.477. The van der Waals surface area contributed by atoms with Gasteiger partial charge in [-0.15, -0.1) is 0 Å². The number of nitroso groups, excluding NO2 is 1. The number of allylic oxidation sites excluding steroid dienone is 1. The van der Waals surface area contributed by atoms with Gasteiger partial charge in [-0.3, -0.25) is 0 Å². The second-order valence-corrected chi connectivity index (χ2v) is 11.2. The lowest BCUT2D eigenvalue weighted by molar-refractivity contribution is -0.155. The molecule has 0 bridgehead atoms. The number of methoxy groups -OCH3 is 1. The van der Waals surface area contributed by atoms with Gasteiger partial charge in [0.1, 0.15) is 5.54 Å². The predicted molar refractivity (Wildman–Crippen MR) is 116 cm³/mol. The second-order valence-electron chi connectivity index (χ2n) is 11.2. The lowest BCUT2D eigenvalue weighted by atomic mass is 9.40. The Morgan fingerprint density at radius 2 is 1.90 bits per heavy atom. The summed E-state index contributed by atoms with van der Waals surface area (Å²) in [5.41, 5.74) is 0.802. The molecule has 4 rings (SSSR count). The van der Waals surface area contributed by atoms with E-state index in [0.29, 0.717) is 35.2 Å². The Bertz CT molecular complexity index is 677. The van der Waals surface area contributed by atoms with Crippen molar-refractivity contribution in [2.45, 2.75) is 90.7 Å². The molecule has 0 aromatic rings. The van der Waals surface area contributed by atoms with Crippen LogP contribution in [0.3, 0.4) is 0 Å². The van der Waals surface area contributed by atoms with E-state index in [9.17, 15) is 10.0 Å². The van der Waals surface area contributed by atoms with E-state index in [-0.39, 0.29) is 17.9 Å². The maximum Gasteiger partial charge on any atom is 0.112 e. The number of hydrogen-bond donors (Lipinski definition) is 1. The average molecular weight is 404 g/mol. The number of nitrogens with zero attached hydrogens (tertiary/aromatic N) is 1. The van der Waals surface area contributed by atoms with Gasteiger partial charge < -0.3 is 9.84 Å². The molecule has 0 spiro atoms. The van der Waals surface area contributed by atoms with Crippen molar-refractivity contribution in [3.05, 3.63) is 16.6 Å². The molecule has 0 saturated heterocycles. The third kappa shape index (κ3) is 2.70. The third-order valence-corrected chi connectivity index (χ3v) is 10.9.